The van der Waals surface area contributed by atoms with E-state index in [0.717, 1.165) is 19.5 Å². The Morgan fingerprint density at radius 1 is 1.05 bits per heavy atom. The Hall–Kier alpha value is -0.180. The van der Waals surface area contributed by atoms with E-state index < -0.39 is 25.1 Å². The summed E-state index contributed by atoms with van der Waals surface area (Å²) in [6, 6.07) is 0.0866. The van der Waals surface area contributed by atoms with Crippen molar-refractivity contribution in [2.45, 2.75) is 30.6 Å². The van der Waals surface area contributed by atoms with Crippen molar-refractivity contribution in [1.29, 1.82) is 0 Å². The molecule has 3 rings (SSSR count). The van der Waals surface area contributed by atoms with Gasteiger partial charge in [0.05, 0.1) is 16.8 Å². The molecule has 2 atom stereocenters. The van der Waals surface area contributed by atoms with E-state index in [1.54, 1.807) is 4.31 Å². The molecule has 3 aliphatic rings. The van der Waals surface area contributed by atoms with Gasteiger partial charge in [-0.2, -0.15) is 4.31 Å². The first kappa shape index (κ1) is 13.8. The van der Waals surface area contributed by atoms with Gasteiger partial charge in [0, 0.05) is 19.1 Å². The van der Waals surface area contributed by atoms with Crippen LogP contribution in [-0.2, 0) is 19.9 Å². The third-order valence-electron chi connectivity index (χ3n) is 4.64. The van der Waals surface area contributed by atoms with Crippen LogP contribution in [0.3, 0.4) is 0 Å². The summed E-state index contributed by atoms with van der Waals surface area (Å²) in [6.07, 6.45) is 1.43. The van der Waals surface area contributed by atoms with Crippen LogP contribution in [0.5, 0.6) is 0 Å². The maximum atomic E-state index is 12.6. The van der Waals surface area contributed by atoms with Gasteiger partial charge < -0.3 is 5.32 Å². The Bertz CT molecular complexity index is 543. The summed E-state index contributed by atoms with van der Waals surface area (Å²) in [4.78, 5) is 0. The fourth-order valence-electron chi connectivity index (χ4n) is 3.48. The van der Waals surface area contributed by atoms with Crippen LogP contribution in [0.4, 0.5) is 0 Å². The molecule has 0 bridgehead atoms. The van der Waals surface area contributed by atoms with Crippen molar-refractivity contribution in [3.8, 4) is 0 Å². The Labute approximate surface area is 114 Å². The highest BCUT2D eigenvalue weighted by Crippen LogP contribution is 2.33. The van der Waals surface area contributed by atoms with Gasteiger partial charge in [0.25, 0.3) is 0 Å². The molecule has 19 heavy (non-hydrogen) atoms. The zero-order valence-corrected chi connectivity index (χ0v) is 12.4. The van der Waals surface area contributed by atoms with E-state index in [1.165, 1.54) is 0 Å². The monoisotopic (exact) mass is 308 g/mol. The van der Waals surface area contributed by atoms with E-state index in [4.69, 9.17) is 0 Å². The third kappa shape index (κ3) is 2.43. The number of nitrogens with zero attached hydrogens (tertiary/aromatic N) is 1. The summed E-state index contributed by atoms with van der Waals surface area (Å²) in [6.45, 7) is 2.23. The zero-order chi connectivity index (χ0) is 13.7. The Kier molecular flexibility index (Phi) is 3.40. The molecule has 0 saturated carbocycles. The maximum Gasteiger partial charge on any atom is 0.217 e. The van der Waals surface area contributed by atoms with Crippen molar-refractivity contribution >= 4 is 19.9 Å². The van der Waals surface area contributed by atoms with Crippen LogP contribution in [0.25, 0.3) is 0 Å². The fourth-order valence-corrected chi connectivity index (χ4v) is 7.47. The fraction of sp³-hybridized carbons (Fsp3) is 1.00. The summed E-state index contributed by atoms with van der Waals surface area (Å²) in [5, 5.41) is 2.74. The minimum absolute atomic E-state index is 0.0110. The number of rotatable bonds is 2. The molecule has 8 heteroatoms. The van der Waals surface area contributed by atoms with Gasteiger partial charge in [-0.1, -0.05) is 0 Å². The van der Waals surface area contributed by atoms with E-state index >= 15 is 0 Å². The minimum atomic E-state index is -3.34. The standard InChI is InChI=1S/C11H20N2O4S2/c14-18(15)5-2-10(3-6-18)19(16,17)13-4-1-9-7-12-8-11(9)13/h9-12H,1-8H2/t9-,11+/m0/s1. The van der Waals surface area contributed by atoms with E-state index in [0.29, 0.717) is 12.5 Å². The molecule has 110 valence electrons. The van der Waals surface area contributed by atoms with E-state index in [-0.39, 0.29) is 30.4 Å². The highest BCUT2D eigenvalue weighted by molar-refractivity contribution is 7.92. The van der Waals surface area contributed by atoms with Crippen molar-refractivity contribution in [2.75, 3.05) is 31.1 Å². The second-order valence-electron chi connectivity index (χ2n) is 5.78. The number of hydrogen-bond acceptors (Lipinski definition) is 5. The summed E-state index contributed by atoms with van der Waals surface area (Å²) in [5.74, 6) is 0.454. The van der Waals surface area contributed by atoms with Gasteiger partial charge in [-0.15, -0.1) is 0 Å². The normalized spacial score (nSPS) is 36.4. The molecule has 0 aliphatic carbocycles. The van der Waals surface area contributed by atoms with Crippen molar-refractivity contribution < 1.29 is 16.8 Å². The summed E-state index contributed by atoms with van der Waals surface area (Å²) < 4.78 is 49.7. The first-order valence-electron chi connectivity index (χ1n) is 6.82. The van der Waals surface area contributed by atoms with Crippen molar-refractivity contribution in [1.82, 2.24) is 9.62 Å². The largest absolute Gasteiger partial charge is 0.315 e. The summed E-state index contributed by atoms with van der Waals surface area (Å²) in [5.41, 5.74) is 0. The molecule has 0 aromatic carbocycles. The lowest BCUT2D eigenvalue weighted by molar-refractivity contribution is 0.374. The van der Waals surface area contributed by atoms with E-state index in [9.17, 15) is 16.8 Å². The lowest BCUT2D eigenvalue weighted by Gasteiger charge is -2.30. The predicted molar refractivity (Wildman–Crippen MR) is 72.1 cm³/mol. The molecular weight excluding hydrogens is 288 g/mol. The van der Waals surface area contributed by atoms with E-state index in [2.05, 4.69) is 5.32 Å². The molecule has 0 aromatic rings. The van der Waals surface area contributed by atoms with Crippen molar-refractivity contribution in [3.05, 3.63) is 0 Å². The molecule has 0 spiro atoms. The molecule has 0 unspecified atom stereocenters. The van der Waals surface area contributed by atoms with Gasteiger partial charge in [-0.05, 0) is 31.7 Å². The summed E-state index contributed by atoms with van der Waals surface area (Å²) in [7, 11) is -6.35. The van der Waals surface area contributed by atoms with Gasteiger partial charge in [0.1, 0.15) is 9.84 Å². The smallest absolute Gasteiger partial charge is 0.217 e. The van der Waals surface area contributed by atoms with Crippen molar-refractivity contribution in [3.63, 3.8) is 0 Å². The molecule has 3 saturated heterocycles. The lowest BCUT2D eigenvalue weighted by Crippen LogP contribution is -2.46. The van der Waals surface area contributed by atoms with Gasteiger partial charge in [0.15, 0.2) is 0 Å². The highest BCUT2D eigenvalue weighted by Gasteiger charge is 2.46. The lowest BCUT2D eigenvalue weighted by atomic mass is 10.1. The quantitative estimate of drug-likeness (QED) is 0.721. The van der Waals surface area contributed by atoms with Crippen LogP contribution in [0.15, 0.2) is 0 Å². The van der Waals surface area contributed by atoms with Crippen LogP contribution in [-0.4, -0.2) is 63.6 Å². The predicted octanol–water partition coefficient (Wildman–Crippen LogP) is -0.813. The molecule has 3 aliphatic heterocycles. The van der Waals surface area contributed by atoms with Gasteiger partial charge in [-0.25, -0.2) is 16.8 Å². The third-order valence-corrected chi connectivity index (χ3v) is 8.78. The molecule has 3 heterocycles. The van der Waals surface area contributed by atoms with Gasteiger partial charge >= 0.3 is 0 Å². The highest BCUT2D eigenvalue weighted by atomic mass is 32.2. The van der Waals surface area contributed by atoms with Crippen LogP contribution < -0.4 is 5.32 Å². The number of sulfonamides is 1. The van der Waals surface area contributed by atoms with Crippen molar-refractivity contribution in [2.24, 2.45) is 5.92 Å². The molecule has 3 fully saturated rings. The Morgan fingerprint density at radius 3 is 2.42 bits per heavy atom. The van der Waals surface area contributed by atoms with Crippen LogP contribution in [0.2, 0.25) is 0 Å². The second-order valence-corrected chi connectivity index (χ2v) is 10.3. The number of sulfone groups is 1. The van der Waals surface area contributed by atoms with Crippen LogP contribution >= 0.6 is 0 Å². The molecule has 1 N–H and O–H groups in total. The first-order chi connectivity index (χ1) is 8.90. The molecular formula is C11H20N2O4S2. The van der Waals surface area contributed by atoms with Crippen LogP contribution in [0.1, 0.15) is 19.3 Å². The van der Waals surface area contributed by atoms with Gasteiger partial charge in [0.2, 0.25) is 10.0 Å². The molecule has 6 nitrogen and oxygen atoms in total. The zero-order valence-electron chi connectivity index (χ0n) is 10.8. The average molecular weight is 308 g/mol. The topological polar surface area (TPSA) is 83.5 Å². The van der Waals surface area contributed by atoms with Gasteiger partial charge in [-0.3, -0.25) is 0 Å². The Balaban J connectivity index is 1.76. The molecule has 0 aromatic heterocycles. The minimum Gasteiger partial charge on any atom is -0.315 e. The SMILES string of the molecule is O=S1(=O)CCC(S(=O)(=O)N2CC[C@H]3CNC[C@H]32)CC1. The van der Waals surface area contributed by atoms with E-state index in [1.807, 2.05) is 0 Å². The Morgan fingerprint density at radius 2 is 1.74 bits per heavy atom. The van der Waals surface area contributed by atoms with Crippen LogP contribution in [0, 0.1) is 5.92 Å². The average Bonchev–Trinajstić information content (AvgIpc) is 2.89. The summed E-state index contributed by atoms with van der Waals surface area (Å²) >= 11 is 0. The number of nitrogens with one attached hydrogen (secondary N) is 1. The second kappa shape index (κ2) is 4.68. The number of fused-ring (bicyclic) bond motifs is 1. The maximum absolute atomic E-state index is 12.6. The number of hydrogen-bond donors (Lipinski definition) is 1. The molecule has 0 amide bonds. The molecule has 0 radical (unpaired) electrons. The first-order valence-corrected chi connectivity index (χ1v) is 10.1.